The van der Waals surface area contributed by atoms with Gasteiger partial charge in [-0.15, -0.1) is 0 Å². The fraction of sp³-hybridized carbons (Fsp3) is 0.459. The summed E-state index contributed by atoms with van der Waals surface area (Å²) in [5.74, 6) is -4.56. The molecule has 0 radical (unpaired) electrons. The summed E-state index contributed by atoms with van der Waals surface area (Å²) in [7, 11) is 2.78. The van der Waals surface area contributed by atoms with Crippen molar-refractivity contribution in [3.8, 4) is 23.0 Å². The highest BCUT2D eigenvalue weighted by Gasteiger charge is 2.50. The number of methoxy groups -OCH3 is 2. The molecular formula is C74H88N8O20. The summed E-state index contributed by atoms with van der Waals surface area (Å²) >= 11 is 0. The lowest BCUT2D eigenvalue weighted by molar-refractivity contribution is -0.195. The van der Waals surface area contributed by atoms with Gasteiger partial charge >= 0.3 is 18.2 Å². The SMILES string of the molecule is C=C1C[C@H]2[C@H](O)N(C(=O)OCc3ccc(NC(=O)[C@H](C)NC(=O)[C@@H](NC(=O)CCN4C(=O)C=CC4=O)C(C)C)cc3)c3cc(OCc4cc(COc5cc6c(cc5OC)C(=O)N5CC(=C)C[C@H]5[C@H](OC5CCCCO5)N6C(=O)OC(C)(C)C)cc(C(=O)OC(C)(C)C)c4)c(OC)cc3C(=O)N2C1. The monoisotopic (exact) mass is 1410 g/mol. The standard InChI is InChI=1S/C74H88N8O20/c1-40(2)63(77-59(83)23-24-78-60(84)21-22-61(78)85)65(87)75-43(5)64(86)76-48-19-17-44(18-20-48)37-99-71(92)81-51-33-57(55(94-12)31-49(51)66(88)79-35-41(3)26-53(79)68(81)90)97-38-45-28-46(30-47(29-45)70(91)101-73(6,7)8)39-98-58-34-52-50(32-56(58)95-13)67(89)80-36-42(4)27-54(80)69(100-62-16-14-15-25-96-62)82(52)72(93)102-74(9,10)11/h17-22,28-34,40,43,53-54,62-63,68-69,90H,3-4,14-16,23-27,35-39H2,1-2,5-13H3,(H,75,87)(H,76,86)(H,77,83)/t43-,53-,54-,62?,63-,68-,69-/m0/s1. The van der Waals surface area contributed by atoms with Crippen molar-refractivity contribution in [2.45, 2.75) is 175 Å². The van der Waals surface area contributed by atoms with E-state index in [-0.39, 0.29) is 103 Å². The first-order valence-electron chi connectivity index (χ1n) is 33.8. The summed E-state index contributed by atoms with van der Waals surface area (Å²) in [4.78, 5) is 142. The summed E-state index contributed by atoms with van der Waals surface area (Å²) in [6.45, 7) is 23.3. The van der Waals surface area contributed by atoms with Crippen LogP contribution in [0.15, 0.2) is 103 Å². The highest BCUT2D eigenvalue weighted by Crippen LogP contribution is 2.46. The quantitative estimate of drug-likeness (QED) is 0.0248. The molecule has 7 atom stereocenters. The van der Waals surface area contributed by atoms with E-state index in [0.717, 1.165) is 40.4 Å². The fourth-order valence-corrected chi connectivity index (χ4v) is 12.7. The van der Waals surface area contributed by atoms with Crippen LogP contribution in [0.4, 0.5) is 26.7 Å². The third-order valence-corrected chi connectivity index (χ3v) is 17.6. The predicted molar refractivity (Wildman–Crippen MR) is 369 cm³/mol. The Morgan fingerprint density at radius 2 is 1.21 bits per heavy atom. The Hall–Kier alpha value is -10.3. The second-order valence-electron chi connectivity index (χ2n) is 28.2. The minimum Gasteiger partial charge on any atom is -0.493 e. The lowest BCUT2D eigenvalue weighted by atomic mass is 10.0. The van der Waals surface area contributed by atoms with Crippen molar-refractivity contribution in [1.82, 2.24) is 25.3 Å². The Labute approximate surface area is 591 Å². The van der Waals surface area contributed by atoms with Gasteiger partial charge in [-0.2, -0.15) is 0 Å². The second kappa shape index (κ2) is 30.9. The van der Waals surface area contributed by atoms with E-state index in [9.17, 15) is 53.1 Å². The van der Waals surface area contributed by atoms with Gasteiger partial charge in [0.1, 0.15) is 43.1 Å². The molecule has 1 unspecified atom stereocenters. The number of nitrogens with zero attached hydrogens (tertiary/aromatic N) is 5. The van der Waals surface area contributed by atoms with E-state index in [2.05, 4.69) is 29.1 Å². The molecule has 0 spiro atoms. The molecule has 3 fully saturated rings. The normalized spacial score (nSPS) is 20.2. The number of carbonyl (C=O) groups is 10. The first kappa shape index (κ1) is 74.4. The van der Waals surface area contributed by atoms with Gasteiger partial charge in [-0.25, -0.2) is 24.2 Å². The van der Waals surface area contributed by atoms with Crippen molar-refractivity contribution in [2.75, 3.05) is 55.6 Å². The zero-order chi connectivity index (χ0) is 73.8. The Bertz CT molecular complexity index is 4000. The number of anilines is 3. The summed E-state index contributed by atoms with van der Waals surface area (Å²) in [6.07, 6.45) is -0.544. The molecule has 0 aromatic heterocycles. The third-order valence-electron chi connectivity index (χ3n) is 17.6. The van der Waals surface area contributed by atoms with Gasteiger partial charge in [-0.3, -0.25) is 38.5 Å². The molecule has 10 rings (SSSR count). The molecule has 28 nitrogen and oxygen atoms in total. The van der Waals surface area contributed by atoms with Crippen LogP contribution in [0.2, 0.25) is 0 Å². The molecule has 9 amide bonds. The lowest BCUT2D eigenvalue weighted by Gasteiger charge is -2.39. The van der Waals surface area contributed by atoms with E-state index < -0.39 is 120 Å². The first-order valence-corrected chi connectivity index (χ1v) is 33.8. The van der Waals surface area contributed by atoms with E-state index in [0.29, 0.717) is 47.4 Å². The first-order chi connectivity index (χ1) is 48.3. The van der Waals surface area contributed by atoms with Gasteiger partial charge in [0.15, 0.2) is 41.7 Å². The van der Waals surface area contributed by atoms with Crippen LogP contribution < -0.4 is 44.7 Å². The number of fused-ring (bicyclic) bond motifs is 4. The van der Waals surface area contributed by atoms with Crippen molar-refractivity contribution in [2.24, 2.45) is 5.92 Å². The average molecular weight is 1410 g/mol. The van der Waals surface area contributed by atoms with Crippen LogP contribution in [0.25, 0.3) is 0 Å². The predicted octanol–water partition coefficient (Wildman–Crippen LogP) is 8.36. The minimum atomic E-state index is -1.66. The van der Waals surface area contributed by atoms with Gasteiger partial charge < -0.3 is 73.5 Å². The molecular weight excluding hydrogens is 1320 g/mol. The molecule has 6 heterocycles. The van der Waals surface area contributed by atoms with Gasteiger partial charge in [0.2, 0.25) is 17.7 Å². The van der Waals surface area contributed by atoms with Crippen LogP contribution >= 0.6 is 0 Å². The Kier molecular flexibility index (Phi) is 22.5. The van der Waals surface area contributed by atoms with Crippen molar-refractivity contribution in [3.63, 3.8) is 0 Å². The fourth-order valence-electron chi connectivity index (χ4n) is 12.7. The number of aliphatic hydroxyl groups excluding tert-OH is 1. The number of aliphatic hydroxyl groups is 1. The number of hydrogen-bond donors (Lipinski definition) is 4. The molecule has 6 aliphatic rings. The van der Waals surface area contributed by atoms with Gasteiger partial charge in [-0.05, 0) is 146 Å². The molecule has 0 saturated carbocycles. The molecule has 3 saturated heterocycles. The van der Waals surface area contributed by atoms with Crippen LogP contribution in [0, 0.1) is 5.92 Å². The maximum Gasteiger partial charge on any atom is 0.417 e. The van der Waals surface area contributed by atoms with Crippen LogP contribution in [0.5, 0.6) is 23.0 Å². The van der Waals surface area contributed by atoms with Crippen molar-refractivity contribution >= 4 is 76.6 Å². The topological polar surface area (TPSA) is 326 Å². The van der Waals surface area contributed by atoms with Crippen LogP contribution in [0.1, 0.15) is 149 Å². The number of amides is 9. The minimum absolute atomic E-state index is 0.0145. The molecule has 6 aliphatic heterocycles. The molecule has 0 bridgehead atoms. The second-order valence-corrected chi connectivity index (χ2v) is 28.2. The largest absolute Gasteiger partial charge is 0.493 e. The van der Waals surface area contributed by atoms with Gasteiger partial charge in [0.05, 0.1) is 54.4 Å². The summed E-state index contributed by atoms with van der Waals surface area (Å²) in [5.41, 5.74) is 1.42. The summed E-state index contributed by atoms with van der Waals surface area (Å²) < 4.78 is 55.3. The number of hydrogen-bond acceptors (Lipinski definition) is 20. The Morgan fingerprint density at radius 3 is 1.75 bits per heavy atom. The average Bonchev–Trinajstić information content (AvgIpc) is 1.58. The third kappa shape index (κ3) is 17.2. The number of rotatable bonds is 22. The molecule has 4 aromatic carbocycles. The molecule has 0 aliphatic carbocycles. The Balaban J connectivity index is 0.872. The van der Waals surface area contributed by atoms with Crippen LogP contribution in [0.3, 0.4) is 0 Å². The number of benzene rings is 4. The summed E-state index contributed by atoms with van der Waals surface area (Å²) in [6, 6.07) is 13.2. The van der Waals surface area contributed by atoms with Crippen molar-refractivity contribution in [1.29, 1.82) is 0 Å². The number of esters is 1. The van der Waals surface area contributed by atoms with E-state index >= 15 is 0 Å². The summed E-state index contributed by atoms with van der Waals surface area (Å²) in [5, 5.41) is 20.2. The maximum atomic E-state index is 14.8. The smallest absolute Gasteiger partial charge is 0.417 e. The van der Waals surface area contributed by atoms with Gasteiger partial charge in [0.25, 0.3) is 23.6 Å². The molecule has 4 N–H and O–H groups in total. The number of nitrogens with one attached hydrogen (secondary N) is 3. The van der Waals surface area contributed by atoms with Crippen molar-refractivity contribution in [3.05, 3.63) is 137 Å². The highest BCUT2D eigenvalue weighted by atomic mass is 16.7. The molecule has 102 heavy (non-hydrogen) atoms. The molecule has 4 aromatic rings. The van der Waals surface area contributed by atoms with E-state index in [1.54, 1.807) is 103 Å². The van der Waals surface area contributed by atoms with Gasteiger partial charge in [0, 0.05) is 62.6 Å². The van der Waals surface area contributed by atoms with E-state index in [1.807, 2.05) is 0 Å². The highest BCUT2D eigenvalue weighted by molar-refractivity contribution is 6.13. The zero-order valence-corrected chi connectivity index (χ0v) is 59.2. The number of carbonyl (C=O) groups excluding carboxylic acids is 10. The van der Waals surface area contributed by atoms with Crippen LogP contribution in [-0.2, 0) is 67.5 Å². The molecule has 28 heteroatoms. The number of imide groups is 1. The molecule has 544 valence electrons. The van der Waals surface area contributed by atoms with E-state index in [1.165, 1.54) is 55.2 Å². The van der Waals surface area contributed by atoms with Crippen LogP contribution in [-0.4, -0.2) is 174 Å². The zero-order valence-electron chi connectivity index (χ0n) is 59.2. The maximum absolute atomic E-state index is 14.8. The number of ether oxygens (including phenoxy) is 9. The van der Waals surface area contributed by atoms with Gasteiger partial charge in [-0.1, -0.05) is 50.3 Å². The lowest BCUT2D eigenvalue weighted by Crippen LogP contribution is -2.54. The van der Waals surface area contributed by atoms with Crippen molar-refractivity contribution < 1.29 is 95.7 Å². The van der Waals surface area contributed by atoms with E-state index in [4.69, 9.17) is 42.6 Å². The Morgan fingerprint density at radius 1 is 0.647 bits per heavy atom.